The van der Waals surface area contributed by atoms with Gasteiger partial charge in [0.25, 0.3) is 0 Å². The van der Waals surface area contributed by atoms with Gasteiger partial charge in [0.1, 0.15) is 0 Å². The predicted octanol–water partition coefficient (Wildman–Crippen LogP) is 1.34. The Hall–Kier alpha value is -1.70. The van der Waals surface area contributed by atoms with E-state index in [1.54, 1.807) is 6.92 Å². The summed E-state index contributed by atoms with van der Waals surface area (Å²) < 4.78 is 0. The van der Waals surface area contributed by atoms with Gasteiger partial charge in [0.2, 0.25) is 0 Å². The van der Waals surface area contributed by atoms with Crippen LogP contribution in [0.5, 0.6) is 0 Å². The van der Waals surface area contributed by atoms with Crippen molar-refractivity contribution >= 4 is 12.0 Å². The van der Waals surface area contributed by atoms with Gasteiger partial charge >= 0.3 is 12.0 Å². The van der Waals surface area contributed by atoms with Crippen molar-refractivity contribution in [1.29, 1.82) is 0 Å². The van der Waals surface area contributed by atoms with E-state index in [9.17, 15) is 9.59 Å². The van der Waals surface area contributed by atoms with Gasteiger partial charge in [0.05, 0.1) is 6.42 Å². The van der Waals surface area contributed by atoms with Crippen LogP contribution in [0, 0.1) is 11.8 Å². The number of carbonyl (C=O) groups excluding carboxylic acids is 1. The third-order valence-electron chi connectivity index (χ3n) is 2.11. The van der Waals surface area contributed by atoms with E-state index < -0.39 is 5.97 Å². The van der Waals surface area contributed by atoms with Crippen LogP contribution in [-0.4, -0.2) is 29.7 Å². The number of rotatable bonds is 7. The van der Waals surface area contributed by atoms with Gasteiger partial charge in [0, 0.05) is 19.0 Å². The van der Waals surface area contributed by atoms with Crippen LogP contribution < -0.4 is 10.6 Å². The lowest BCUT2D eigenvalue weighted by atomic mass is 10.1. The minimum atomic E-state index is -0.902. The molecule has 5 nitrogen and oxygen atoms in total. The number of aliphatic carboxylic acids is 1. The summed E-state index contributed by atoms with van der Waals surface area (Å²) in [5, 5.41) is 14.0. The summed E-state index contributed by atoms with van der Waals surface area (Å²) in [4.78, 5) is 22.0. The van der Waals surface area contributed by atoms with Gasteiger partial charge in [-0.1, -0.05) is 13.3 Å². The molecule has 5 heteroatoms. The lowest BCUT2D eigenvalue weighted by Gasteiger charge is -2.16. The van der Waals surface area contributed by atoms with Crippen LogP contribution in [0.3, 0.4) is 0 Å². The van der Waals surface area contributed by atoms with E-state index >= 15 is 0 Å². The Kier molecular flexibility index (Phi) is 8.57. The van der Waals surface area contributed by atoms with E-state index in [1.807, 2.05) is 6.92 Å². The van der Waals surface area contributed by atoms with E-state index in [1.165, 1.54) is 0 Å². The second kappa shape index (κ2) is 9.52. The first-order valence-corrected chi connectivity index (χ1v) is 5.75. The first kappa shape index (κ1) is 15.3. The maximum absolute atomic E-state index is 11.4. The van der Waals surface area contributed by atoms with Crippen molar-refractivity contribution < 1.29 is 14.7 Å². The normalized spacial score (nSPS) is 10.9. The maximum Gasteiger partial charge on any atom is 0.315 e. The summed E-state index contributed by atoms with van der Waals surface area (Å²) in [7, 11) is 0. The van der Waals surface area contributed by atoms with Gasteiger partial charge < -0.3 is 15.7 Å². The zero-order chi connectivity index (χ0) is 13.1. The Bertz CT molecular complexity index is 305. The molecule has 0 heterocycles. The minimum absolute atomic E-state index is 0.0456. The lowest BCUT2D eigenvalue weighted by Crippen LogP contribution is -2.43. The third-order valence-corrected chi connectivity index (χ3v) is 2.11. The molecule has 0 bridgehead atoms. The molecule has 0 radical (unpaired) electrons. The lowest BCUT2D eigenvalue weighted by molar-refractivity contribution is -0.137. The fourth-order valence-corrected chi connectivity index (χ4v) is 1.38. The highest BCUT2D eigenvalue weighted by molar-refractivity contribution is 5.75. The first-order chi connectivity index (χ1) is 8.10. The number of urea groups is 1. The molecule has 0 aliphatic carbocycles. The molecule has 1 atom stereocenters. The molecule has 0 saturated heterocycles. The van der Waals surface area contributed by atoms with Crippen molar-refractivity contribution in [1.82, 2.24) is 10.6 Å². The molecular weight excluding hydrogens is 220 g/mol. The van der Waals surface area contributed by atoms with Crippen molar-refractivity contribution in [3.63, 3.8) is 0 Å². The van der Waals surface area contributed by atoms with E-state index in [-0.39, 0.29) is 18.5 Å². The number of carboxylic acid groups (broad SMARTS) is 1. The van der Waals surface area contributed by atoms with Crippen LogP contribution in [0.15, 0.2) is 0 Å². The largest absolute Gasteiger partial charge is 0.481 e. The van der Waals surface area contributed by atoms with Gasteiger partial charge in [-0.3, -0.25) is 4.79 Å². The SMILES string of the molecule is CC#CCCNC(=O)NC(CCC)CC(=O)O. The average Bonchev–Trinajstić information content (AvgIpc) is 2.24. The number of amides is 2. The Morgan fingerprint density at radius 1 is 1.41 bits per heavy atom. The summed E-state index contributed by atoms with van der Waals surface area (Å²) in [6.07, 6.45) is 2.05. The molecule has 0 rings (SSSR count). The van der Waals surface area contributed by atoms with Crippen molar-refractivity contribution in [2.75, 3.05) is 6.54 Å². The standard InChI is InChI=1S/C12H20N2O3/c1-3-5-6-8-13-12(17)14-10(7-4-2)9-11(15)16/h10H,4,6-9H2,1-2H3,(H,15,16)(H2,13,14,17). The van der Waals surface area contributed by atoms with E-state index in [4.69, 9.17) is 5.11 Å². The second-order valence-corrected chi connectivity index (χ2v) is 3.66. The topological polar surface area (TPSA) is 78.4 Å². The Morgan fingerprint density at radius 3 is 2.65 bits per heavy atom. The van der Waals surface area contributed by atoms with Crippen LogP contribution in [-0.2, 0) is 4.79 Å². The maximum atomic E-state index is 11.4. The van der Waals surface area contributed by atoms with Crippen molar-refractivity contribution in [2.24, 2.45) is 0 Å². The summed E-state index contributed by atoms with van der Waals surface area (Å²) in [5.74, 6) is 4.65. The number of hydrogen-bond acceptors (Lipinski definition) is 2. The Labute approximate surface area is 102 Å². The quantitative estimate of drug-likeness (QED) is 0.464. The summed E-state index contributed by atoms with van der Waals surface area (Å²) >= 11 is 0. The van der Waals surface area contributed by atoms with Gasteiger partial charge in [0.15, 0.2) is 0 Å². The minimum Gasteiger partial charge on any atom is -0.481 e. The molecule has 96 valence electrons. The third kappa shape index (κ3) is 9.24. The molecule has 0 aliphatic rings. The van der Waals surface area contributed by atoms with Gasteiger partial charge in [-0.15, -0.1) is 11.8 Å². The van der Waals surface area contributed by atoms with Crippen LogP contribution in [0.1, 0.15) is 39.5 Å². The molecule has 0 spiro atoms. The molecule has 0 aromatic rings. The molecule has 2 amide bonds. The van der Waals surface area contributed by atoms with E-state index in [0.717, 1.165) is 6.42 Å². The van der Waals surface area contributed by atoms with Crippen molar-refractivity contribution in [3.05, 3.63) is 0 Å². The van der Waals surface area contributed by atoms with Crippen molar-refractivity contribution in [3.8, 4) is 11.8 Å². The predicted molar refractivity (Wildman–Crippen MR) is 65.6 cm³/mol. The molecule has 0 aliphatic heterocycles. The fourth-order valence-electron chi connectivity index (χ4n) is 1.38. The molecular formula is C12H20N2O3. The Morgan fingerprint density at radius 2 is 2.12 bits per heavy atom. The highest BCUT2D eigenvalue weighted by Gasteiger charge is 2.14. The Balaban J connectivity index is 3.92. The summed E-state index contributed by atoms with van der Waals surface area (Å²) in [6, 6.07) is -0.641. The zero-order valence-electron chi connectivity index (χ0n) is 10.4. The van der Waals surface area contributed by atoms with Crippen molar-refractivity contribution in [2.45, 2.75) is 45.6 Å². The number of carbonyl (C=O) groups is 2. The molecule has 1 unspecified atom stereocenters. The number of nitrogens with one attached hydrogen (secondary N) is 2. The highest BCUT2D eigenvalue weighted by atomic mass is 16.4. The van der Waals surface area contributed by atoms with Gasteiger partial charge in [-0.25, -0.2) is 4.79 Å². The molecule has 0 fully saturated rings. The van der Waals surface area contributed by atoms with Crippen LogP contribution in [0.4, 0.5) is 4.79 Å². The zero-order valence-corrected chi connectivity index (χ0v) is 10.4. The number of hydrogen-bond donors (Lipinski definition) is 3. The van der Waals surface area contributed by atoms with Gasteiger partial charge in [-0.05, 0) is 13.3 Å². The van der Waals surface area contributed by atoms with Gasteiger partial charge in [-0.2, -0.15) is 0 Å². The molecule has 0 saturated carbocycles. The second-order valence-electron chi connectivity index (χ2n) is 3.66. The first-order valence-electron chi connectivity index (χ1n) is 5.75. The van der Waals surface area contributed by atoms with E-state index in [2.05, 4.69) is 22.5 Å². The van der Waals surface area contributed by atoms with Crippen LogP contribution >= 0.6 is 0 Å². The number of carboxylic acids is 1. The molecule has 17 heavy (non-hydrogen) atoms. The van der Waals surface area contributed by atoms with Crippen LogP contribution in [0.25, 0.3) is 0 Å². The fraction of sp³-hybridized carbons (Fsp3) is 0.667. The molecule has 0 aromatic heterocycles. The molecule has 0 aromatic carbocycles. The average molecular weight is 240 g/mol. The summed E-state index contributed by atoms with van der Waals surface area (Å²) in [5.41, 5.74) is 0. The van der Waals surface area contributed by atoms with Crippen LogP contribution in [0.2, 0.25) is 0 Å². The molecule has 3 N–H and O–H groups in total. The smallest absolute Gasteiger partial charge is 0.315 e. The monoisotopic (exact) mass is 240 g/mol. The highest BCUT2D eigenvalue weighted by Crippen LogP contribution is 2.01. The summed E-state index contributed by atoms with van der Waals surface area (Å²) in [6.45, 7) is 4.16. The van der Waals surface area contributed by atoms with E-state index in [0.29, 0.717) is 19.4 Å².